The van der Waals surface area contributed by atoms with Crippen LogP contribution < -0.4 is 16.0 Å². The Morgan fingerprint density at radius 1 is 1.03 bits per heavy atom. The molecule has 0 aliphatic rings. The molecule has 0 spiro atoms. The van der Waals surface area contributed by atoms with Crippen LogP contribution in [0.15, 0.2) is 65.1 Å². The van der Waals surface area contributed by atoms with Crippen LogP contribution in [0.5, 0.6) is 0 Å². The summed E-state index contributed by atoms with van der Waals surface area (Å²) >= 11 is 11.3. The van der Waals surface area contributed by atoms with Crippen molar-refractivity contribution in [2.24, 2.45) is 0 Å². The molecule has 6 nitrogen and oxygen atoms in total. The first-order chi connectivity index (χ1) is 15.3. The topological polar surface area (TPSA) is 83.4 Å². The molecule has 0 atom stereocenters. The Morgan fingerprint density at radius 2 is 1.72 bits per heavy atom. The number of amides is 2. The Hall–Kier alpha value is -3.42. The van der Waals surface area contributed by atoms with Crippen LogP contribution in [0.4, 0.5) is 11.4 Å². The van der Waals surface area contributed by atoms with Gasteiger partial charge in [-0.1, -0.05) is 30.7 Å². The number of halogens is 1. The van der Waals surface area contributed by atoms with Gasteiger partial charge in [-0.3, -0.25) is 14.9 Å². The van der Waals surface area contributed by atoms with Crippen molar-refractivity contribution in [2.75, 3.05) is 10.6 Å². The Labute approximate surface area is 196 Å². The Morgan fingerprint density at radius 3 is 2.38 bits per heavy atom. The van der Waals surface area contributed by atoms with E-state index in [4.69, 9.17) is 28.2 Å². The van der Waals surface area contributed by atoms with Gasteiger partial charge in [0.05, 0.1) is 0 Å². The van der Waals surface area contributed by atoms with E-state index in [-0.39, 0.29) is 11.0 Å². The van der Waals surface area contributed by atoms with Gasteiger partial charge in [-0.2, -0.15) is 0 Å². The fraction of sp³-hybridized carbons (Fsp3) is 0.125. The van der Waals surface area contributed by atoms with E-state index in [1.54, 1.807) is 43.3 Å². The van der Waals surface area contributed by atoms with Crippen molar-refractivity contribution in [2.45, 2.75) is 20.3 Å². The molecule has 0 bridgehead atoms. The number of thiocarbonyl (C=S) groups is 1. The Bertz CT molecular complexity index is 1170. The highest BCUT2D eigenvalue weighted by Gasteiger charge is 2.07. The lowest BCUT2D eigenvalue weighted by atomic mass is 10.1. The summed E-state index contributed by atoms with van der Waals surface area (Å²) in [7, 11) is 0. The summed E-state index contributed by atoms with van der Waals surface area (Å²) in [4.78, 5) is 23.6. The Kier molecular flexibility index (Phi) is 7.81. The van der Waals surface area contributed by atoms with Crippen molar-refractivity contribution in [1.29, 1.82) is 0 Å². The van der Waals surface area contributed by atoms with Gasteiger partial charge in [0.2, 0.25) is 11.8 Å². The van der Waals surface area contributed by atoms with Crippen LogP contribution in [0.3, 0.4) is 0 Å². The number of hydrogen-bond donors (Lipinski definition) is 3. The molecule has 164 valence electrons. The minimum Gasteiger partial charge on any atom is -0.457 e. The quantitative estimate of drug-likeness (QED) is 0.316. The number of rotatable bonds is 6. The molecule has 3 aromatic rings. The predicted molar refractivity (Wildman–Crippen MR) is 133 cm³/mol. The van der Waals surface area contributed by atoms with E-state index in [2.05, 4.69) is 16.0 Å². The third-order valence-electron chi connectivity index (χ3n) is 4.47. The summed E-state index contributed by atoms with van der Waals surface area (Å²) in [5.74, 6) is 0.718. The fourth-order valence-electron chi connectivity index (χ4n) is 2.70. The van der Waals surface area contributed by atoms with Crippen LogP contribution in [-0.4, -0.2) is 16.9 Å². The molecule has 0 radical (unpaired) electrons. The molecule has 8 heteroatoms. The zero-order valence-corrected chi connectivity index (χ0v) is 19.1. The van der Waals surface area contributed by atoms with E-state index in [9.17, 15) is 9.59 Å². The monoisotopic (exact) mass is 467 g/mol. The van der Waals surface area contributed by atoms with Gasteiger partial charge < -0.3 is 15.1 Å². The number of benzene rings is 2. The van der Waals surface area contributed by atoms with Gasteiger partial charge in [0.15, 0.2) is 5.11 Å². The van der Waals surface area contributed by atoms with E-state index in [1.165, 1.54) is 6.08 Å². The van der Waals surface area contributed by atoms with E-state index in [0.717, 1.165) is 11.1 Å². The van der Waals surface area contributed by atoms with Crippen molar-refractivity contribution in [3.8, 4) is 11.3 Å². The van der Waals surface area contributed by atoms with Crippen LogP contribution in [0, 0.1) is 6.92 Å². The van der Waals surface area contributed by atoms with Gasteiger partial charge in [0.1, 0.15) is 11.5 Å². The number of nitrogens with one attached hydrogen (secondary N) is 3. The molecule has 2 amide bonds. The molecular weight excluding hydrogens is 446 g/mol. The third-order valence-corrected chi connectivity index (χ3v) is 5.08. The maximum Gasteiger partial charge on any atom is 0.250 e. The van der Waals surface area contributed by atoms with Crippen LogP contribution in [0.2, 0.25) is 5.02 Å². The highest BCUT2D eigenvalue weighted by Crippen LogP contribution is 2.27. The molecule has 0 aliphatic carbocycles. The fourth-order valence-corrected chi connectivity index (χ4v) is 3.10. The molecule has 3 rings (SSSR count). The molecule has 0 fully saturated rings. The molecule has 0 saturated heterocycles. The summed E-state index contributed by atoms with van der Waals surface area (Å²) in [6, 6.07) is 16.3. The lowest BCUT2D eigenvalue weighted by Gasteiger charge is -2.09. The Balaban J connectivity index is 1.53. The summed E-state index contributed by atoms with van der Waals surface area (Å²) in [6.07, 6.45) is 3.30. The number of aryl methyl sites for hydroxylation is 1. The lowest BCUT2D eigenvalue weighted by Crippen LogP contribution is -2.32. The maximum atomic E-state index is 12.2. The average Bonchev–Trinajstić information content (AvgIpc) is 3.24. The molecule has 2 aromatic carbocycles. The minimum atomic E-state index is -0.398. The van der Waals surface area contributed by atoms with Crippen LogP contribution in [0.25, 0.3) is 17.4 Å². The molecule has 3 N–H and O–H groups in total. The number of furan rings is 1. The second-order valence-corrected chi connectivity index (χ2v) is 7.74. The van der Waals surface area contributed by atoms with Gasteiger partial charge in [0, 0.05) is 34.5 Å². The van der Waals surface area contributed by atoms with Crippen molar-refractivity contribution in [3.63, 3.8) is 0 Å². The van der Waals surface area contributed by atoms with Crippen LogP contribution in [0.1, 0.15) is 24.7 Å². The first-order valence-corrected chi connectivity index (χ1v) is 10.7. The molecule has 0 saturated carbocycles. The smallest absolute Gasteiger partial charge is 0.250 e. The van der Waals surface area contributed by atoms with Crippen LogP contribution in [-0.2, 0) is 9.59 Å². The van der Waals surface area contributed by atoms with Crippen LogP contribution >= 0.6 is 23.8 Å². The van der Waals surface area contributed by atoms with E-state index < -0.39 is 5.91 Å². The van der Waals surface area contributed by atoms with Gasteiger partial charge in [-0.15, -0.1) is 0 Å². The van der Waals surface area contributed by atoms with Crippen molar-refractivity contribution >= 4 is 58.2 Å². The zero-order valence-electron chi connectivity index (χ0n) is 17.6. The summed E-state index contributed by atoms with van der Waals surface area (Å²) in [6.45, 7) is 3.72. The summed E-state index contributed by atoms with van der Waals surface area (Å²) in [5, 5.41) is 9.07. The van der Waals surface area contributed by atoms with Crippen molar-refractivity contribution < 1.29 is 14.0 Å². The SMILES string of the molecule is CCC(=O)Nc1ccc(NC(=S)NC(=O)/C=C/c2ccc(-c3ccc(C)c(Cl)c3)o2)cc1. The number of carbonyl (C=O) groups is 2. The highest BCUT2D eigenvalue weighted by molar-refractivity contribution is 7.80. The predicted octanol–water partition coefficient (Wildman–Crippen LogP) is 5.78. The third kappa shape index (κ3) is 6.54. The standard InChI is InChI=1S/C24H22ClN3O3S/c1-3-22(29)26-17-6-8-18(9-7-17)27-24(32)28-23(30)13-11-19-10-12-21(31-19)16-5-4-15(2)20(25)14-16/h4-14H,3H2,1-2H3,(H,26,29)(H2,27,28,30,32)/b13-11+. The van der Waals surface area contributed by atoms with E-state index in [0.29, 0.717) is 34.3 Å². The van der Waals surface area contributed by atoms with Gasteiger partial charge in [-0.05, 0) is 73.2 Å². The highest BCUT2D eigenvalue weighted by atomic mass is 35.5. The summed E-state index contributed by atoms with van der Waals surface area (Å²) < 4.78 is 5.76. The van der Waals surface area contributed by atoms with E-state index >= 15 is 0 Å². The number of anilines is 2. The maximum absolute atomic E-state index is 12.2. The second-order valence-electron chi connectivity index (χ2n) is 6.92. The lowest BCUT2D eigenvalue weighted by molar-refractivity contribution is -0.116. The number of carbonyl (C=O) groups excluding carboxylic acids is 2. The largest absolute Gasteiger partial charge is 0.457 e. The van der Waals surface area contributed by atoms with Gasteiger partial charge >= 0.3 is 0 Å². The number of hydrogen-bond acceptors (Lipinski definition) is 4. The summed E-state index contributed by atoms with van der Waals surface area (Å²) in [5.41, 5.74) is 3.21. The zero-order chi connectivity index (χ0) is 23.1. The molecule has 1 aromatic heterocycles. The van der Waals surface area contributed by atoms with E-state index in [1.807, 2.05) is 31.2 Å². The van der Waals surface area contributed by atoms with Gasteiger partial charge in [0.25, 0.3) is 0 Å². The molecule has 0 unspecified atom stereocenters. The first kappa shape index (κ1) is 23.2. The van der Waals surface area contributed by atoms with Gasteiger partial charge in [-0.25, -0.2) is 0 Å². The minimum absolute atomic E-state index is 0.0633. The average molecular weight is 468 g/mol. The van der Waals surface area contributed by atoms with Crippen molar-refractivity contribution in [1.82, 2.24) is 5.32 Å². The molecule has 0 aliphatic heterocycles. The molecular formula is C24H22ClN3O3S. The molecule has 32 heavy (non-hydrogen) atoms. The normalized spacial score (nSPS) is 10.7. The second kappa shape index (κ2) is 10.7. The first-order valence-electron chi connectivity index (χ1n) is 9.90. The van der Waals surface area contributed by atoms with Crippen molar-refractivity contribution in [3.05, 3.63) is 77.0 Å². The molecule has 1 heterocycles.